The van der Waals surface area contributed by atoms with Gasteiger partial charge in [0.2, 0.25) is 0 Å². The van der Waals surface area contributed by atoms with Crippen LogP contribution in [0, 0.1) is 0 Å². The first-order valence-electron chi connectivity index (χ1n) is 7.22. The number of rotatable bonds is 4. The van der Waals surface area contributed by atoms with Gasteiger partial charge in [-0.15, -0.1) is 17.0 Å². The van der Waals surface area contributed by atoms with E-state index in [9.17, 15) is 4.79 Å². The molecule has 0 atom stereocenters. The van der Waals surface area contributed by atoms with Crippen LogP contribution in [-0.4, -0.2) is 30.9 Å². The maximum absolute atomic E-state index is 12.3. The zero-order chi connectivity index (χ0) is 14.7. The van der Waals surface area contributed by atoms with Crippen molar-refractivity contribution in [3.05, 3.63) is 65.2 Å². The molecule has 0 amide bonds. The molecule has 0 aromatic heterocycles. The Bertz CT molecular complexity index is 640. The predicted octanol–water partition coefficient (Wildman–Crippen LogP) is 3.51. The molecule has 4 heteroatoms. The van der Waals surface area contributed by atoms with E-state index in [2.05, 4.69) is 29.2 Å². The number of carbonyl (C=O) groups is 1. The third kappa shape index (κ3) is 3.76. The number of nitrogens with zero attached hydrogens (tertiary/aromatic N) is 1. The standard InChI is InChI=1S/C18H19NO2.BrH/c1-21-17-8-6-15(7-9-17)18(20)13-19-11-10-14-4-2-3-5-16(14)12-19;/h2-9H,10-13H2,1H3;1H. The van der Waals surface area contributed by atoms with E-state index >= 15 is 0 Å². The Morgan fingerprint density at radius 3 is 2.45 bits per heavy atom. The summed E-state index contributed by atoms with van der Waals surface area (Å²) in [5.74, 6) is 0.940. The van der Waals surface area contributed by atoms with Gasteiger partial charge in [-0.05, 0) is 41.8 Å². The lowest BCUT2D eigenvalue weighted by Gasteiger charge is -2.28. The van der Waals surface area contributed by atoms with Crippen LogP contribution in [0.5, 0.6) is 5.75 Å². The summed E-state index contributed by atoms with van der Waals surface area (Å²) in [7, 11) is 1.63. The first-order valence-corrected chi connectivity index (χ1v) is 7.22. The predicted molar refractivity (Wildman–Crippen MR) is 93.1 cm³/mol. The molecule has 2 aromatic rings. The van der Waals surface area contributed by atoms with Crippen LogP contribution in [0.1, 0.15) is 21.5 Å². The summed E-state index contributed by atoms with van der Waals surface area (Å²) in [5.41, 5.74) is 3.49. The van der Waals surface area contributed by atoms with E-state index in [1.165, 1.54) is 11.1 Å². The van der Waals surface area contributed by atoms with Crippen LogP contribution in [0.25, 0.3) is 0 Å². The molecular formula is C18H20BrNO2. The normalized spacial score (nSPS) is 13.9. The Hall–Kier alpha value is -1.65. The van der Waals surface area contributed by atoms with Gasteiger partial charge in [0.05, 0.1) is 13.7 Å². The number of fused-ring (bicyclic) bond motifs is 1. The van der Waals surface area contributed by atoms with Crippen LogP contribution in [0.3, 0.4) is 0 Å². The highest BCUT2D eigenvalue weighted by molar-refractivity contribution is 8.93. The lowest BCUT2D eigenvalue weighted by molar-refractivity contribution is 0.0921. The molecule has 1 heterocycles. The molecule has 0 unspecified atom stereocenters. The maximum Gasteiger partial charge on any atom is 0.176 e. The van der Waals surface area contributed by atoms with Gasteiger partial charge in [0, 0.05) is 18.7 Å². The molecule has 0 radical (unpaired) electrons. The molecule has 0 N–H and O–H groups in total. The van der Waals surface area contributed by atoms with Gasteiger partial charge in [0.15, 0.2) is 5.78 Å². The Balaban J connectivity index is 0.00000176. The number of ether oxygens (including phenoxy) is 1. The number of halogens is 1. The second kappa shape index (κ2) is 7.56. The SMILES string of the molecule is Br.COc1ccc(C(=O)CN2CCc3ccccc3C2)cc1. The number of hydrogen-bond donors (Lipinski definition) is 0. The van der Waals surface area contributed by atoms with Gasteiger partial charge < -0.3 is 4.74 Å². The van der Waals surface area contributed by atoms with Crippen LogP contribution >= 0.6 is 17.0 Å². The Morgan fingerprint density at radius 2 is 1.77 bits per heavy atom. The van der Waals surface area contributed by atoms with Crippen molar-refractivity contribution < 1.29 is 9.53 Å². The quantitative estimate of drug-likeness (QED) is 0.780. The fraction of sp³-hybridized carbons (Fsp3) is 0.278. The molecule has 22 heavy (non-hydrogen) atoms. The van der Waals surface area contributed by atoms with E-state index < -0.39 is 0 Å². The summed E-state index contributed by atoms with van der Waals surface area (Å²) < 4.78 is 5.12. The van der Waals surface area contributed by atoms with Gasteiger partial charge in [0.1, 0.15) is 5.75 Å². The largest absolute Gasteiger partial charge is 0.497 e. The van der Waals surface area contributed by atoms with Crippen molar-refractivity contribution in [2.75, 3.05) is 20.2 Å². The summed E-state index contributed by atoms with van der Waals surface area (Å²) in [5, 5.41) is 0. The van der Waals surface area contributed by atoms with Gasteiger partial charge in [-0.1, -0.05) is 24.3 Å². The molecule has 0 aliphatic carbocycles. The summed E-state index contributed by atoms with van der Waals surface area (Å²) in [6.45, 7) is 2.28. The molecule has 2 aromatic carbocycles. The summed E-state index contributed by atoms with van der Waals surface area (Å²) in [4.78, 5) is 14.6. The van der Waals surface area contributed by atoms with E-state index in [4.69, 9.17) is 4.74 Å². The molecule has 3 rings (SSSR count). The van der Waals surface area contributed by atoms with E-state index in [1.54, 1.807) is 7.11 Å². The van der Waals surface area contributed by atoms with Gasteiger partial charge in [-0.25, -0.2) is 0 Å². The molecular weight excluding hydrogens is 342 g/mol. The van der Waals surface area contributed by atoms with E-state index in [0.29, 0.717) is 6.54 Å². The minimum atomic E-state index is 0. The zero-order valence-corrected chi connectivity index (χ0v) is 14.3. The second-order valence-electron chi connectivity index (χ2n) is 5.38. The third-order valence-corrected chi connectivity index (χ3v) is 3.99. The van der Waals surface area contributed by atoms with Crippen LogP contribution in [0.4, 0.5) is 0 Å². The summed E-state index contributed by atoms with van der Waals surface area (Å²) in [6, 6.07) is 15.8. The molecule has 0 saturated carbocycles. The van der Waals surface area contributed by atoms with Crippen molar-refractivity contribution in [3.63, 3.8) is 0 Å². The zero-order valence-electron chi connectivity index (χ0n) is 12.6. The van der Waals surface area contributed by atoms with Gasteiger partial charge in [-0.2, -0.15) is 0 Å². The van der Waals surface area contributed by atoms with Gasteiger partial charge >= 0.3 is 0 Å². The second-order valence-corrected chi connectivity index (χ2v) is 5.38. The first-order chi connectivity index (χ1) is 10.3. The number of hydrogen-bond acceptors (Lipinski definition) is 3. The first kappa shape index (κ1) is 16.7. The monoisotopic (exact) mass is 361 g/mol. The van der Waals surface area contributed by atoms with Crippen LogP contribution in [0.2, 0.25) is 0 Å². The maximum atomic E-state index is 12.3. The highest BCUT2D eigenvalue weighted by Crippen LogP contribution is 2.19. The molecule has 0 spiro atoms. The number of benzene rings is 2. The summed E-state index contributed by atoms with van der Waals surface area (Å²) in [6.07, 6.45) is 1.02. The van der Waals surface area contributed by atoms with Crippen LogP contribution in [0.15, 0.2) is 48.5 Å². The third-order valence-electron chi connectivity index (χ3n) is 3.99. The average molecular weight is 362 g/mol. The number of carbonyl (C=O) groups excluding carboxylic acids is 1. The highest BCUT2D eigenvalue weighted by Gasteiger charge is 2.18. The van der Waals surface area contributed by atoms with E-state index in [1.807, 2.05) is 24.3 Å². The van der Waals surface area contributed by atoms with E-state index in [0.717, 1.165) is 30.8 Å². The average Bonchev–Trinajstić information content (AvgIpc) is 2.55. The molecule has 0 saturated heterocycles. The lowest BCUT2D eigenvalue weighted by Crippen LogP contribution is -2.34. The van der Waals surface area contributed by atoms with Crippen molar-refractivity contribution in [1.29, 1.82) is 0 Å². The van der Waals surface area contributed by atoms with Crippen molar-refractivity contribution in [3.8, 4) is 5.75 Å². The number of methoxy groups -OCH3 is 1. The molecule has 1 aliphatic heterocycles. The molecule has 0 bridgehead atoms. The Labute approximate surface area is 141 Å². The van der Waals surface area contributed by atoms with Crippen LogP contribution in [-0.2, 0) is 13.0 Å². The molecule has 116 valence electrons. The van der Waals surface area contributed by atoms with Crippen molar-refractivity contribution in [1.82, 2.24) is 4.90 Å². The summed E-state index contributed by atoms with van der Waals surface area (Å²) >= 11 is 0. The molecule has 1 aliphatic rings. The fourth-order valence-electron chi connectivity index (χ4n) is 2.76. The number of Topliss-reactive ketones (excluding diaryl/α,β-unsaturated/α-hetero) is 1. The Morgan fingerprint density at radius 1 is 1.09 bits per heavy atom. The lowest BCUT2D eigenvalue weighted by atomic mass is 9.99. The van der Waals surface area contributed by atoms with Crippen molar-refractivity contribution in [2.45, 2.75) is 13.0 Å². The minimum absolute atomic E-state index is 0. The topological polar surface area (TPSA) is 29.5 Å². The van der Waals surface area contributed by atoms with Crippen molar-refractivity contribution >= 4 is 22.8 Å². The minimum Gasteiger partial charge on any atom is -0.497 e. The van der Waals surface area contributed by atoms with Crippen molar-refractivity contribution in [2.24, 2.45) is 0 Å². The van der Waals surface area contributed by atoms with Gasteiger partial charge in [-0.3, -0.25) is 9.69 Å². The molecule has 0 fully saturated rings. The smallest absolute Gasteiger partial charge is 0.176 e. The van der Waals surface area contributed by atoms with Gasteiger partial charge in [0.25, 0.3) is 0 Å². The van der Waals surface area contributed by atoms with Crippen LogP contribution < -0.4 is 4.74 Å². The van der Waals surface area contributed by atoms with E-state index in [-0.39, 0.29) is 22.8 Å². The Kier molecular flexibility index (Phi) is 5.75. The molecule has 3 nitrogen and oxygen atoms in total. The highest BCUT2D eigenvalue weighted by atomic mass is 79.9. The fourth-order valence-corrected chi connectivity index (χ4v) is 2.76. The number of ketones is 1.